The van der Waals surface area contributed by atoms with Crippen LogP contribution in [0.3, 0.4) is 0 Å². The Labute approximate surface area is 168 Å². The van der Waals surface area contributed by atoms with Crippen LogP contribution in [0.25, 0.3) is 0 Å². The predicted molar refractivity (Wildman–Crippen MR) is 110 cm³/mol. The highest BCUT2D eigenvalue weighted by Crippen LogP contribution is 2.16. The minimum absolute atomic E-state index is 0.0850. The molecule has 0 saturated heterocycles. The summed E-state index contributed by atoms with van der Waals surface area (Å²) < 4.78 is 7.05. The minimum atomic E-state index is -0.477. The molecule has 1 unspecified atom stereocenters. The summed E-state index contributed by atoms with van der Waals surface area (Å²) in [4.78, 5) is 28.1. The van der Waals surface area contributed by atoms with Crippen molar-refractivity contribution in [2.45, 2.75) is 25.8 Å². The second kappa shape index (κ2) is 10.0. The van der Waals surface area contributed by atoms with Crippen LogP contribution in [0.1, 0.15) is 25.8 Å². The van der Waals surface area contributed by atoms with Crippen molar-refractivity contribution in [3.8, 4) is 5.75 Å². The SMILES string of the molecule is CC(C(=O)Nc1ccc(NC(=O)CCCOc2ccccc2)cc1)n1cncn1. The number of ether oxygens (including phenoxy) is 1. The van der Waals surface area contributed by atoms with Crippen LogP contribution < -0.4 is 15.4 Å². The van der Waals surface area contributed by atoms with Gasteiger partial charge in [0, 0.05) is 17.8 Å². The van der Waals surface area contributed by atoms with Gasteiger partial charge in [0.1, 0.15) is 24.4 Å². The third-order valence-electron chi connectivity index (χ3n) is 4.21. The number of hydrogen-bond donors (Lipinski definition) is 2. The van der Waals surface area contributed by atoms with Crippen LogP contribution in [0.5, 0.6) is 5.75 Å². The summed E-state index contributed by atoms with van der Waals surface area (Å²) >= 11 is 0. The minimum Gasteiger partial charge on any atom is -0.494 e. The van der Waals surface area contributed by atoms with Crippen molar-refractivity contribution in [1.82, 2.24) is 14.8 Å². The summed E-state index contributed by atoms with van der Waals surface area (Å²) in [6.45, 7) is 2.21. The Morgan fingerprint density at radius 3 is 2.38 bits per heavy atom. The molecule has 0 aliphatic carbocycles. The number of benzene rings is 2. The first-order valence-corrected chi connectivity index (χ1v) is 9.34. The van der Waals surface area contributed by atoms with Gasteiger partial charge in [-0.25, -0.2) is 9.67 Å². The van der Waals surface area contributed by atoms with E-state index in [1.165, 1.54) is 17.3 Å². The molecular weight excluding hydrogens is 370 g/mol. The molecule has 1 aromatic heterocycles. The highest BCUT2D eigenvalue weighted by atomic mass is 16.5. The second-order valence-electron chi connectivity index (χ2n) is 6.43. The van der Waals surface area contributed by atoms with Crippen molar-refractivity contribution < 1.29 is 14.3 Å². The van der Waals surface area contributed by atoms with Crippen molar-refractivity contribution in [2.75, 3.05) is 17.2 Å². The highest BCUT2D eigenvalue weighted by molar-refractivity contribution is 5.94. The first-order chi connectivity index (χ1) is 14.1. The van der Waals surface area contributed by atoms with E-state index in [1.807, 2.05) is 30.3 Å². The molecular formula is C21H23N5O3. The van der Waals surface area contributed by atoms with Gasteiger partial charge in [-0.3, -0.25) is 9.59 Å². The number of carbonyl (C=O) groups is 2. The average molecular weight is 393 g/mol. The molecule has 0 aliphatic rings. The van der Waals surface area contributed by atoms with Crippen LogP contribution in [0.4, 0.5) is 11.4 Å². The zero-order valence-corrected chi connectivity index (χ0v) is 16.1. The van der Waals surface area contributed by atoms with Gasteiger partial charge in [0.2, 0.25) is 11.8 Å². The molecule has 8 nitrogen and oxygen atoms in total. The van der Waals surface area contributed by atoms with Crippen LogP contribution in [0, 0.1) is 0 Å². The molecule has 0 fully saturated rings. The first-order valence-electron chi connectivity index (χ1n) is 9.34. The second-order valence-corrected chi connectivity index (χ2v) is 6.43. The summed E-state index contributed by atoms with van der Waals surface area (Å²) in [7, 11) is 0. The first kappa shape index (κ1) is 20.1. The van der Waals surface area contributed by atoms with Crippen LogP contribution >= 0.6 is 0 Å². The van der Waals surface area contributed by atoms with Gasteiger partial charge in [0.05, 0.1) is 6.61 Å². The molecule has 2 amide bonds. The Bertz CT molecular complexity index is 911. The number of nitrogens with zero attached hydrogens (tertiary/aromatic N) is 3. The van der Waals surface area contributed by atoms with Crippen molar-refractivity contribution in [2.24, 2.45) is 0 Å². The van der Waals surface area contributed by atoms with Crippen LogP contribution in [-0.2, 0) is 9.59 Å². The van der Waals surface area contributed by atoms with E-state index in [2.05, 4.69) is 20.7 Å². The maximum Gasteiger partial charge on any atom is 0.249 e. The fourth-order valence-electron chi connectivity index (χ4n) is 2.58. The summed E-state index contributed by atoms with van der Waals surface area (Å²) in [6.07, 6.45) is 3.86. The molecule has 0 aliphatic heterocycles. The van der Waals surface area contributed by atoms with Gasteiger partial charge >= 0.3 is 0 Å². The Balaban J connectivity index is 1.40. The normalized spacial score (nSPS) is 11.5. The monoisotopic (exact) mass is 393 g/mol. The number of amides is 2. The Morgan fingerprint density at radius 1 is 1.03 bits per heavy atom. The van der Waals surface area contributed by atoms with E-state index in [1.54, 1.807) is 31.2 Å². The van der Waals surface area contributed by atoms with E-state index in [0.29, 0.717) is 30.8 Å². The van der Waals surface area contributed by atoms with Gasteiger partial charge in [-0.1, -0.05) is 18.2 Å². The number of anilines is 2. The van der Waals surface area contributed by atoms with E-state index in [9.17, 15) is 9.59 Å². The smallest absolute Gasteiger partial charge is 0.249 e. The maximum absolute atomic E-state index is 12.2. The van der Waals surface area contributed by atoms with Crippen molar-refractivity contribution in [3.63, 3.8) is 0 Å². The van der Waals surface area contributed by atoms with E-state index in [4.69, 9.17) is 4.74 Å². The van der Waals surface area contributed by atoms with Crippen molar-refractivity contribution >= 4 is 23.2 Å². The lowest BCUT2D eigenvalue weighted by Crippen LogP contribution is -2.24. The highest BCUT2D eigenvalue weighted by Gasteiger charge is 2.15. The molecule has 0 bridgehead atoms. The average Bonchev–Trinajstić information content (AvgIpc) is 3.28. The fourth-order valence-corrected chi connectivity index (χ4v) is 2.58. The van der Waals surface area contributed by atoms with E-state index < -0.39 is 6.04 Å². The molecule has 29 heavy (non-hydrogen) atoms. The van der Waals surface area contributed by atoms with Gasteiger partial charge in [0.25, 0.3) is 0 Å². The molecule has 2 N–H and O–H groups in total. The molecule has 0 radical (unpaired) electrons. The topological polar surface area (TPSA) is 98.1 Å². The lowest BCUT2D eigenvalue weighted by atomic mass is 10.2. The number of carbonyl (C=O) groups excluding carboxylic acids is 2. The maximum atomic E-state index is 12.2. The number of hydrogen-bond acceptors (Lipinski definition) is 5. The standard InChI is InChI=1S/C21H23N5O3/c1-16(26-15-22-14-23-26)21(28)25-18-11-9-17(10-12-18)24-20(27)8-5-13-29-19-6-3-2-4-7-19/h2-4,6-7,9-12,14-16H,5,8,13H2,1H3,(H,24,27)(H,25,28). The molecule has 3 aromatic rings. The number of aromatic nitrogens is 3. The molecule has 0 saturated carbocycles. The lowest BCUT2D eigenvalue weighted by Gasteiger charge is -2.12. The number of rotatable bonds is 9. The zero-order valence-electron chi connectivity index (χ0n) is 16.1. The molecule has 0 spiro atoms. The zero-order chi connectivity index (χ0) is 20.5. The summed E-state index contributed by atoms with van der Waals surface area (Å²) in [5.41, 5.74) is 1.30. The summed E-state index contributed by atoms with van der Waals surface area (Å²) in [5, 5.41) is 9.61. The molecule has 8 heteroatoms. The quantitative estimate of drug-likeness (QED) is 0.544. The van der Waals surface area contributed by atoms with Gasteiger partial charge in [-0.05, 0) is 49.7 Å². The molecule has 1 heterocycles. The van der Waals surface area contributed by atoms with Gasteiger partial charge in [-0.15, -0.1) is 0 Å². The number of para-hydroxylation sites is 1. The van der Waals surface area contributed by atoms with E-state index in [-0.39, 0.29) is 11.8 Å². The number of nitrogens with one attached hydrogen (secondary N) is 2. The fraction of sp³-hybridized carbons (Fsp3) is 0.238. The lowest BCUT2D eigenvalue weighted by molar-refractivity contribution is -0.119. The molecule has 2 aromatic carbocycles. The Morgan fingerprint density at radius 2 is 1.72 bits per heavy atom. The third-order valence-corrected chi connectivity index (χ3v) is 4.21. The van der Waals surface area contributed by atoms with Gasteiger partial charge in [0.15, 0.2) is 0 Å². The van der Waals surface area contributed by atoms with Crippen molar-refractivity contribution in [3.05, 3.63) is 67.3 Å². The largest absolute Gasteiger partial charge is 0.494 e. The van der Waals surface area contributed by atoms with E-state index >= 15 is 0 Å². The summed E-state index contributed by atoms with van der Waals surface area (Å²) in [5.74, 6) is 0.507. The third kappa shape index (κ3) is 6.17. The molecule has 3 rings (SSSR count). The van der Waals surface area contributed by atoms with Crippen LogP contribution in [-0.4, -0.2) is 33.2 Å². The predicted octanol–water partition coefficient (Wildman–Crippen LogP) is 3.28. The molecule has 150 valence electrons. The van der Waals surface area contributed by atoms with Gasteiger partial charge in [-0.2, -0.15) is 5.10 Å². The van der Waals surface area contributed by atoms with Crippen LogP contribution in [0.2, 0.25) is 0 Å². The molecule has 1 atom stereocenters. The Kier molecular flexibility index (Phi) is 6.94. The Hall–Kier alpha value is -3.68. The van der Waals surface area contributed by atoms with Gasteiger partial charge < -0.3 is 15.4 Å². The van der Waals surface area contributed by atoms with E-state index in [0.717, 1.165) is 5.75 Å². The van der Waals surface area contributed by atoms with Crippen LogP contribution in [0.15, 0.2) is 67.3 Å². The summed E-state index contributed by atoms with van der Waals surface area (Å²) in [6, 6.07) is 16.0. The van der Waals surface area contributed by atoms with Crippen molar-refractivity contribution in [1.29, 1.82) is 0 Å².